The standard InChI is InChI=1S/C6H9N4O2/c11-6(12)3-1-2-4-10-8-5-7-9-10/h1-4H2,(H,11,12). The smallest absolute Gasteiger partial charge is 0.303 e. The van der Waals surface area contributed by atoms with E-state index in [-0.39, 0.29) is 6.42 Å². The lowest BCUT2D eigenvalue weighted by atomic mass is 10.2. The fraction of sp³-hybridized carbons (Fsp3) is 0.667. The van der Waals surface area contributed by atoms with Gasteiger partial charge in [0.2, 0.25) is 6.33 Å². The number of carboxylic acid groups (broad SMARTS) is 1. The molecule has 0 bridgehead atoms. The molecule has 1 aromatic rings. The summed E-state index contributed by atoms with van der Waals surface area (Å²) in [4.78, 5) is 11.5. The van der Waals surface area contributed by atoms with E-state index in [1.165, 1.54) is 4.80 Å². The van der Waals surface area contributed by atoms with Gasteiger partial charge >= 0.3 is 5.97 Å². The molecule has 0 aliphatic rings. The number of aryl methyl sites for hydroxylation is 1. The lowest BCUT2D eigenvalue weighted by molar-refractivity contribution is -0.137. The monoisotopic (exact) mass is 169 g/mol. The number of carbonyl (C=O) groups is 1. The van der Waals surface area contributed by atoms with Crippen molar-refractivity contribution in [1.82, 2.24) is 20.2 Å². The molecule has 1 rings (SSSR count). The number of unbranched alkanes of at least 4 members (excludes halogenated alkanes) is 1. The van der Waals surface area contributed by atoms with Crippen LogP contribution in [0.25, 0.3) is 0 Å². The Labute approximate surface area is 69.2 Å². The Morgan fingerprint density at radius 3 is 2.92 bits per heavy atom. The van der Waals surface area contributed by atoms with Crippen LogP contribution in [0.1, 0.15) is 19.3 Å². The zero-order valence-electron chi connectivity index (χ0n) is 6.47. The van der Waals surface area contributed by atoms with Crippen molar-refractivity contribution in [3.8, 4) is 0 Å². The molecule has 6 nitrogen and oxygen atoms in total. The molecule has 1 aromatic heterocycles. The van der Waals surface area contributed by atoms with E-state index >= 15 is 0 Å². The molecule has 12 heavy (non-hydrogen) atoms. The lowest BCUT2D eigenvalue weighted by Gasteiger charge is -1.95. The number of tetrazole rings is 1. The number of hydrogen-bond acceptors (Lipinski definition) is 4. The predicted octanol–water partition coefficient (Wildman–Crippen LogP) is -0.272. The van der Waals surface area contributed by atoms with Gasteiger partial charge < -0.3 is 5.11 Å². The summed E-state index contributed by atoms with van der Waals surface area (Å²) in [5.41, 5.74) is 0. The highest BCUT2D eigenvalue weighted by atomic mass is 16.4. The number of hydrogen-bond donors (Lipinski definition) is 1. The van der Waals surface area contributed by atoms with Crippen LogP contribution in [0, 0.1) is 6.33 Å². The number of rotatable bonds is 5. The Bertz CT molecular complexity index is 234. The molecule has 6 heteroatoms. The number of carboxylic acids is 1. The largest absolute Gasteiger partial charge is 0.481 e. The normalized spacial score (nSPS) is 10.0. The maximum absolute atomic E-state index is 10.1. The van der Waals surface area contributed by atoms with E-state index in [2.05, 4.69) is 21.7 Å². The Morgan fingerprint density at radius 2 is 2.33 bits per heavy atom. The fourth-order valence-electron chi connectivity index (χ4n) is 0.787. The van der Waals surface area contributed by atoms with Gasteiger partial charge in [-0.05, 0) is 18.1 Å². The first-order valence-electron chi connectivity index (χ1n) is 3.64. The summed E-state index contributed by atoms with van der Waals surface area (Å²) in [6.45, 7) is 0.601. The van der Waals surface area contributed by atoms with E-state index in [0.717, 1.165) is 6.42 Å². The van der Waals surface area contributed by atoms with E-state index in [0.29, 0.717) is 13.0 Å². The van der Waals surface area contributed by atoms with Crippen molar-refractivity contribution in [3.05, 3.63) is 6.33 Å². The maximum Gasteiger partial charge on any atom is 0.303 e. The highest BCUT2D eigenvalue weighted by Crippen LogP contribution is 1.96. The molecule has 1 heterocycles. The Morgan fingerprint density at radius 1 is 1.50 bits per heavy atom. The molecule has 0 amide bonds. The summed E-state index contributed by atoms with van der Waals surface area (Å²) < 4.78 is 0. The van der Waals surface area contributed by atoms with E-state index in [1.54, 1.807) is 0 Å². The van der Waals surface area contributed by atoms with Crippen LogP contribution in [0.2, 0.25) is 0 Å². The van der Waals surface area contributed by atoms with Crippen LogP contribution >= 0.6 is 0 Å². The molecule has 0 aliphatic carbocycles. The van der Waals surface area contributed by atoms with E-state index < -0.39 is 5.97 Å². The topological polar surface area (TPSA) is 80.9 Å². The van der Waals surface area contributed by atoms with Gasteiger partial charge in [0, 0.05) is 6.42 Å². The number of nitrogens with zero attached hydrogens (tertiary/aromatic N) is 4. The Hall–Kier alpha value is -1.46. The molecule has 0 aromatic carbocycles. The third-order valence-electron chi connectivity index (χ3n) is 1.35. The van der Waals surface area contributed by atoms with Crippen LogP contribution in [-0.4, -0.2) is 31.3 Å². The third kappa shape index (κ3) is 3.09. The molecule has 0 saturated carbocycles. The molecule has 65 valence electrons. The van der Waals surface area contributed by atoms with Crippen molar-refractivity contribution in [2.75, 3.05) is 0 Å². The van der Waals surface area contributed by atoms with Crippen LogP contribution in [0.5, 0.6) is 0 Å². The zero-order chi connectivity index (χ0) is 8.81. The van der Waals surface area contributed by atoms with Crippen LogP contribution in [0.4, 0.5) is 0 Å². The molecular formula is C6H9N4O2. The predicted molar refractivity (Wildman–Crippen MR) is 38.1 cm³/mol. The Kier molecular flexibility index (Phi) is 3.18. The van der Waals surface area contributed by atoms with Crippen LogP contribution in [0.15, 0.2) is 0 Å². The van der Waals surface area contributed by atoms with Gasteiger partial charge in [0.25, 0.3) is 0 Å². The minimum Gasteiger partial charge on any atom is -0.481 e. The summed E-state index contributed by atoms with van der Waals surface area (Å²) in [5.74, 6) is -0.770. The van der Waals surface area contributed by atoms with E-state index in [9.17, 15) is 4.79 Å². The molecular weight excluding hydrogens is 160 g/mol. The molecule has 1 N–H and O–H groups in total. The SMILES string of the molecule is O=C(O)CCCCn1n[c]nn1. The van der Waals surface area contributed by atoms with Gasteiger partial charge in [0.1, 0.15) is 0 Å². The molecule has 0 aliphatic heterocycles. The van der Waals surface area contributed by atoms with Gasteiger partial charge in [-0.3, -0.25) is 4.79 Å². The van der Waals surface area contributed by atoms with Crippen molar-refractivity contribution in [1.29, 1.82) is 0 Å². The molecule has 0 saturated heterocycles. The van der Waals surface area contributed by atoms with Crippen molar-refractivity contribution >= 4 is 5.97 Å². The summed E-state index contributed by atoms with van der Waals surface area (Å²) in [6.07, 6.45) is 3.89. The zero-order valence-corrected chi connectivity index (χ0v) is 6.47. The first kappa shape index (κ1) is 8.63. The highest BCUT2D eigenvalue weighted by Gasteiger charge is 1.97. The minimum atomic E-state index is -0.770. The number of aliphatic carboxylic acids is 1. The summed E-state index contributed by atoms with van der Waals surface area (Å²) in [7, 11) is 0. The van der Waals surface area contributed by atoms with Gasteiger partial charge in [-0.25, -0.2) is 0 Å². The van der Waals surface area contributed by atoms with Crippen LogP contribution < -0.4 is 0 Å². The van der Waals surface area contributed by atoms with Crippen molar-refractivity contribution in [2.45, 2.75) is 25.8 Å². The lowest BCUT2D eigenvalue weighted by Crippen LogP contribution is -2.03. The molecule has 0 spiro atoms. The second-order valence-corrected chi connectivity index (χ2v) is 2.34. The second-order valence-electron chi connectivity index (χ2n) is 2.34. The average molecular weight is 169 g/mol. The van der Waals surface area contributed by atoms with E-state index in [4.69, 9.17) is 5.11 Å². The van der Waals surface area contributed by atoms with Gasteiger partial charge in [0.05, 0.1) is 6.54 Å². The van der Waals surface area contributed by atoms with Gasteiger partial charge in [0.15, 0.2) is 0 Å². The fourth-order valence-corrected chi connectivity index (χ4v) is 0.787. The third-order valence-corrected chi connectivity index (χ3v) is 1.35. The Balaban J connectivity index is 2.07. The second kappa shape index (κ2) is 4.42. The molecule has 1 radical (unpaired) electrons. The molecule has 0 atom stereocenters. The summed E-state index contributed by atoms with van der Waals surface area (Å²) >= 11 is 0. The van der Waals surface area contributed by atoms with Crippen molar-refractivity contribution in [3.63, 3.8) is 0 Å². The van der Waals surface area contributed by atoms with Gasteiger partial charge in [-0.15, -0.1) is 10.2 Å². The first-order valence-corrected chi connectivity index (χ1v) is 3.64. The van der Waals surface area contributed by atoms with Gasteiger partial charge in [-0.2, -0.15) is 4.80 Å². The molecule has 0 unspecified atom stereocenters. The minimum absolute atomic E-state index is 0.193. The first-order chi connectivity index (χ1) is 5.79. The van der Waals surface area contributed by atoms with Crippen molar-refractivity contribution < 1.29 is 9.90 Å². The maximum atomic E-state index is 10.1. The number of aromatic nitrogens is 4. The summed E-state index contributed by atoms with van der Waals surface area (Å²) in [5, 5.41) is 19.0. The van der Waals surface area contributed by atoms with Crippen LogP contribution in [0.3, 0.4) is 0 Å². The highest BCUT2D eigenvalue weighted by molar-refractivity contribution is 5.66. The van der Waals surface area contributed by atoms with Gasteiger partial charge in [-0.1, -0.05) is 0 Å². The van der Waals surface area contributed by atoms with Crippen LogP contribution in [-0.2, 0) is 11.3 Å². The van der Waals surface area contributed by atoms with E-state index in [1.807, 2.05) is 0 Å². The van der Waals surface area contributed by atoms with Crippen molar-refractivity contribution in [2.24, 2.45) is 0 Å². The summed E-state index contributed by atoms with van der Waals surface area (Å²) in [6, 6.07) is 0. The molecule has 0 fully saturated rings. The average Bonchev–Trinajstić information content (AvgIpc) is 2.49. The quantitative estimate of drug-likeness (QED) is 0.613.